The lowest BCUT2D eigenvalue weighted by Gasteiger charge is -2.11. The first-order valence-electron chi connectivity index (χ1n) is 5.19. The summed E-state index contributed by atoms with van der Waals surface area (Å²) in [5, 5.41) is 7.19. The van der Waals surface area contributed by atoms with E-state index in [2.05, 4.69) is 15.2 Å². The van der Waals surface area contributed by atoms with Crippen LogP contribution in [0.15, 0.2) is 28.3 Å². The van der Waals surface area contributed by atoms with Crippen molar-refractivity contribution < 1.29 is 4.39 Å². The third kappa shape index (κ3) is 2.65. The van der Waals surface area contributed by atoms with Crippen LogP contribution in [0, 0.1) is 12.7 Å². The van der Waals surface area contributed by atoms with Crippen molar-refractivity contribution in [3.05, 3.63) is 35.4 Å². The summed E-state index contributed by atoms with van der Waals surface area (Å²) in [7, 11) is 0. The summed E-state index contributed by atoms with van der Waals surface area (Å²) in [4.78, 5) is 4.62. The van der Waals surface area contributed by atoms with Crippen molar-refractivity contribution in [2.45, 2.75) is 29.9 Å². The van der Waals surface area contributed by atoms with E-state index in [1.54, 1.807) is 13.0 Å². The molecule has 1 heterocycles. The molecule has 0 saturated heterocycles. The van der Waals surface area contributed by atoms with Crippen molar-refractivity contribution in [3.8, 4) is 0 Å². The number of nitrogens with one attached hydrogen (secondary N) is 1. The van der Waals surface area contributed by atoms with Crippen LogP contribution in [0.5, 0.6) is 0 Å². The molecule has 0 saturated carbocycles. The zero-order valence-corrected chi connectivity index (χ0v) is 10.4. The first-order chi connectivity index (χ1) is 8.08. The molecule has 2 aromatic rings. The van der Waals surface area contributed by atoms with Crippen molar-refractivity contribution in [1.82, 2.24) is 15.2 Å². The molecule has 3 N–H and O–H groups in total. The highest BCUT2D eigenvalue weighted by Crippen LogP contribution is 2.32. The van der Waals surface area contributed by atoms with Gasteiger partial charge in [0.25, 0.3) is 0 Å². The van der Waals surface area contributed by atoms with Crippen LogP contribution in [0.25, 0.3) is 0 Å². The summed E-state index contributed by atoms with van der Waals surface area (Å²) < 4.78 is 13.8. The van der Waals surface area contributed by atoms with E-state index < -0.39 is 0 Å². The number of nitrogens with two attached hydrogens (primary N) is 1. The third-order valence-corrected chi connectivity index (χ3v) is 3.26. The molecular weight excluding hydrogens is 239 g/mol. The Balaban J connectivity index is 2.37. The van der Waals surface area contributed by atoms with Gasteiger partial charge in [-0.3, -0.25) is 5.10 Å². The largest absolute Gasteiger partial charge is 0.324 e. The lowest BCUT2D eigenvalue weighted by atomic mass is 10.1. The number of aryl methyl sites for hydroxylation is 1. The Hall–Kier alpha value is -1.40. The minimum Gasteiger partial charge on any atom is -0.324 e. The van der Waals surface area contributed by atoms with E-state index in [1.807, 2.05) is 13.0 Å². The van der Waals surface area contributed by atoms with Gasteiger partial charge in [-0.05, 0) is 37.2 Å². The lowest BCUT2D eigenvalue weighted by Crippen LogP contribution is -2.07. The topological polar surface area (TPSA) is 67.6 Å². The molecule has 0 bridgehead atoms. The van der Waals surface area contributed by atoms with Crippen LogP contribution < -0.4 is 5.73 Å². The SMILES string of the molecule is Cc1nc(Sc2c(F)cccc2C(C)N)n[nH]1. The summed E-state index contributed by atoms with van der Waals surface area (Å²) >= 11 is 1.18. The molecule has 6 heteroatoms. The number of halogens is 1. The van der Waals surface area contributed by atoms with E-state index in [9.17, 15) is 4.39 Å². The Morgan fingerprint density at radius 3 is 2.82 bits per heavy atom. The quantitative estimate of drug-likeness (QED) is 0.880. The molecule has 90 valence electrons. The minimum atomic E-state index is -0.299. The molecule has 0 spiro atoms. The van der Waals surface area contributed by atoms with Crippen molar-refractivity contribution in [1.29, 1.82) is 0 Å². The van der Waals surface area contributed by atoms with Gasteiger partial charge >= 0.3 is 0 Å². The predicted octanol–water partition coefficient (Wildman–Crippen LogP) is 2.42. The van der Waals surface area contributed by atoms with E-state index in [1.165, 1.54) is 17.8 Å². The smallest absolute Gasteiger partial charge is 0.213 e. The lowest BCUT2D eigenvalue weighted by molar-refractivity contribution is 0.591. The van der Waals surface area contributed by atoms with Gasteiger partial charge in [-0.25, -0.2) is 9.37 Å². The first-order valence-corrected chi connectivity index (χ1v) is 6.00. The molecule has 1 atom stereocenters. The molecule has 0 aliphatic rings. The standard InChI is InChI=1S/C11H13FN4S/c1-6(13)8-4-3-5-9(12)10(8)17-11-14-7(2)15-16-11/h3-6H,13H2,1-2H3,(H,14,15,16). The Bertz CT molecular complexity index is 524. The van der Waals surface area contributed by atoms with Crippen LogP contribution >= 0.6 is 11.8 Å². The number of rotatable bonds is 3. The maximum absolute atomic E-state index is 13.8. The number of nitrogens with zero attached hydrogens (tertiary/aromatic N) is 2. The van der Waals surface area contributed by atoms with Crippen LogP contribution in [0.3, 0.4) is 0 Å². The number of hydrogen-bond acceptors (Lipinski definition) is 4. The highest BCUT2D eigenvalue weighted by atomic mass is 32.2. The summed E-state index contributed by atoms with van der Waals surface area (Å²) in [6.45, 7) is 3.62. The van der Waals surface area contributed by atoms with Crippen molar-refractivity contribution in [2.24, 2.45) is 5.73 Å². The van der Waals surface area contributed by atoms with Gasteiger partial charge in [-0.15, -0.1) is 5.10 Å². The Labute approximate surface area is 103 Å². The van der Waals surface area contributed by atoms with Crippen LogP contribution in [-0.2, 0) is 0 Å². The highest BCUT2D eigenvalue weighted by molar-refractivity contribution is 7.99. The van der Waals surface area contributed by atoms with E-state index in [-0.39, 0.29) is 11.9 Å². The zero-order valence-electron chi connectivity index (χ0n) is 9.57. The monoisotopic (exact) mass is 252 g/mol. The predicted molar refractivity (Wildman–Crippen MR) is 64.2 cm³/mol. The fourth-order valence-electron chi connectivity index (χ4n) is 1.45. The number of hydrogen-bond donors (Lipinski definition) is 2. The molecular formula is C11H13FN4S. The fourth-order valence-corrected chi connectivity index (χ4v) is 2.44. The Morgan fingerprint density at radius 2 is 2.24 bits per heavy atom. The zero-order chi connectivity index (χ0) is 12.4. The first kappa shape index (κ1) is 12.1. The summed E-state index contributed by atoms with van der Waals surface area (Å²) in [6.07, 6.45) is 0. The molecule has 0 aliphatic carbocycles. The average molecular weight is 252 g/mol. The van der Waals surface area contributed by atoms with Gasteiger partial charge in [-0.2, -0.15) is 0 Å². The van der Waals surface area contributed by atoms with Gasteiger partial charge < -0.3 is 5.73 Å². The Kier molecular flexibility index (Phi) is 3.44. The maximum atomic E-state index is 13.8. The van der Waals surface area contributed by atoms with Crippen molar-refractivity contribution in [3.63, 3.8) is 0 Å². The van der Waals surface area contributed by atoms with Crippen LogP contribution in [0.1, 0.15) is 24.4 Å². The van der Waals surface area contributed by atoms with Crippen molar-refractivity contribution in [2.75, 3.05) is 0 Å². The van der Waals surface area contributed by atoms with Crippen molar-refractivity contribution >= 4 is 11.8 Å². The van der Waals surface area contributed by atoms with E-state index >= 15 is 0 Å². The number of H-pyrrole nitrogens is 1. The normalized spacial score (nSPS) is 12.7. The van der Waals surface area contributed by atoms with Gasteiger partial charge in [0.05, 0.1) is 4.90 Å². The summed E-state index contributed by atoms with van der Waals surface area (Å²) in [5.41, 5.74) is 6.58. The number of benzene rings is 1. The summed E-state index contributed by atoms with van der Waals surface area (Å²) in [6, 6.07) is 4.65. The van der Waals surface area contributed by atoms with Crippen LogP contribution in [0.2, 0.25) is 0 Å². The molecule has 0 amide bonds. The molecule has 17 heavy (non-hydrogen) atoms. The molecule has 1 aromatic heterocycles. The number of aromatic amines is 1. The second kappa shape index (κ2) is 4.85. The molecule has 1 aromatic carbocycles. The molecule has 0 radical (unpaired) electrons. The Morgan fingerprint density at radius 1 is 1.47 bits per heavy atom. The maximum Gasteiger partial charge on any atom is 0.213 e. The van der Waals surface area contributed by atoms with Crippen LogP contribution in [0.4, 0.5) is 4.39 Å². The van der Waals surface area contributed by atoms with E-state index in [0.717, 1.165) is 5.56 Å². The van der Waals surface area contributed by atoms with Crippen LogP contribution in [-0.4, -0.2) is 15.2 Å². The third-order valence-electron chi connectivity index (χ3n) is 2.26. The highest BCUT2D eigenvalue weighted by Gasteiger charge is 2.14. The fraction of sp³-hybridized carbons (Fsp3) is 0.273. The second-order valence-corrected chi connectivity index (χ2v) is 4.73. The van der Waals surface area contributed by atoms with E-state index in [0.29, 0.717) is 15.9 Å². The van der Waals surface area contributed by atoms with E-state index in [4.69, 9.17) is 5.73 Å². The van der Waals surface area contributed by atoms with Gasteiger partial charge in [0.2, 0.25) is 5.16 Å². The molecule has 2 rings (SSSR count). The average Bonchev–Trinajstić information content (AvgIpc) is 2.67. The molecule has 0 aliphatic heterocycles. The molecule has 0 fully saturated rings. The summed E-state index contributed by atoms with van der Waals surface area (Å²) in [5.74, 6) is 0.401. The molecule has 4 nitrogen and oxygen atoms in total. The molecule has 1 unspecified atom stereocenters. The minimum absolute atomic E-state index is 0.228. The number of aromatic nitrogens is 3. The van der Waals surface area contributed by atoms with Gasteiger partial charge in [0.1, 0.15) is 11.6 Å². The van der Waals surface area contributed by atoms with Gasteiger partial charge in [-0.1, -0.05) is 12.1 Å². The van der Waals surface area contributed by atoms with Gasteiger partial charge in [0.15, 0.2) is 0 Å². The van der Waals surface area contributed by atoms with Gasteiger partial charge in [0, 0.05) is 6.04 Å². The second-order valence-electron chi connectivity index (χ2n) is 3.75.